The number of hydrogen-bond donors (Lipinski definition) is 4. The Balaban J connectivity index is 2.01. The van der Waals surface area contributed by atoms with Gasteiger partial charge in [0.2, 0.25) is 10.0 Å². The van der Waals surface area contributed by atoms with Crippen LogP contribution in [0.4, 0.5) is 0 Å². The van der Waals surface area contributed by atoms with Gasteiger partial charge in [-0.15, -0.1) is 0 Å². The number of carboxylic acid groups (broad SMARTS) is 3. The number of nitrogens with one attached hydrogen (secondary N) is 1. The highest BCUT2D eigenvalue weighted by Crippen LogP contribution is 2.26. The van der Waals surface area contributed by atoms with Crippen LogP contribution in [-0.2, 0) is 24.4 Å². The molecule has 0 aliphatic carbocycles. The van der Waals surface area contributed by atoms with Gasteiger partial charge in [0.05, 0.1) is 4.90 Å². The Labute approximate surface area is 185 Å². The van der Waals surface area contributed by atoms with Crippen LogP contribution in [0.25, 0.3) is 0 Å². The summed E-state index contributed by atoms with van der Waals surface area (Å²) in [6.45, 7) is 0.0916. The number of carbonyl (C=O) groups excluding carboxylic acids is 1. The summed E-state index contributed by atoms with van der Waals surface area (Å²) in [6.07, 6.45) is 2.11. The van der Waals surface area contributed by atoms with Crippen LogP contribution in [0.15, 0.2) is 29.2 Å². The smallest absolute Gasteiger partial charge is 0.326 e. The Kier molecular flexibility index (Phi) is 8.72. The first-order valence-corrected chi connectivity index (χ1v) is 11.6. The molecule has 1 aromatic rings. The van der Waals surface area contributed by atoms with E-state index in [1.54, 1.807) is 0 Å². The lowest BCUT2D eigenvalue weighted by Crippen LogP contribution is -2.41. The average molecular weight is 471 g/mol. The average Bonchev–Trinajstić information content (AvgIpc) is 3.23. The molecule has 2 atom stereocenters. The van der Waals surface area contributed by atoms with E-state index in [1.807, 2.05) is 0 Å². The molecule has 1 aromatic carbocycles. The lowest BCUT2D eigenvalue weighted by molar-refractivity contribution is -0.141. The Morgan fingerprint density at radius 1 is 1.03 bits per heavy atom. The van der Waals surface area contributed by atoms with Gasteiger partial charge < -0.3 is 20.6 Å². The number of nitrogens with zero attached hydrogens (tertiary/aromatic N) is 1. The quantitative estimate of drug-likeness (QED) is 0.326. The molecule has 1 heterocycles. The second kappa shape index (κ2) is 11.0. The third-order valence-electron chi connectivity index (χ3n) is 5.20. The molecule has 1 aliphatic heterocycles. The Hall–Kier alpha value is -2.99. The van der Waals surface area contributed by atoms with Gasteiger partial charge in [-0.2, -0.15) is 4.31 Å². The first-order valence-electron chi connectivity index (χ1n) is 10.1. The van der Waals surface area contributed by atoms with E-state index in [2.05, 4.69) is 5.32 Å². The van der Waals surface area contributed by atoms with Gasteiger partial charge >= 0.3 is 17.9 Å². The monoisotopic (exact) mass is 470 g/mol. The van der Waals surface area contributed by atoms with Crippen molar-refractivity contribution in [2.45, 2.75) is 61.9 Å². The van der Waals surface area contributed by atoms with Crippen LogP contribution < -0.4 is 5.32 Å². The maximum atomic E-state index is 12.8. The molecule has 0 bridgehead atoms. The first-order chi connectivity index (χ1) is 15.0. The molecular weight excluding hydrogens is 444 g/mol. The van der Waals surface area contributed by atoms with Gasteiger partial charge in [0, 0.05) is 18.5 Å². The maximum Gasteiger partial charge on any atom is 0.326 e. The fraction of sp³-hybridized carbons (Fsp3) is 0.500. The van der Waals surface area contributed by atoms with Crippen LogP contribution in [0, 0.1) is 0 Å². The van der Waals surface area contributed by atoms with Crippen LogP contribution in [0.5, 0.6) is 0 Å². The van der Waals surface area contributed by atoms with E-state index in [1.165, 1.54) is 24.3 Å². The molecule has 2 unspecified atom stereocenters. The summed E-state index contributed by atoms with van der Waals surface area (Å²) in [4.78, 5) is 45.5. The van der Waals surface area contributed by atoms with E-state index in [0.717, 1.165) is 4.31 Å². The minimum absolute atomic E-state index is 0.00993. The molecule has 0 radical (unpaired) electrons. The van der Waals surface area contributed by atoms with E-state index < -0.39 is 45.9 Å². The molecule has 32 heavy (non-hydrogen) atoms. The van der Waals surface area contributed by atoms with Crippen molar-refractivity contribution >= 4 is 33.8 Å². The first kappa shape index (κ1) is 25.3. The fourth-order valence-corrected chi connectivity index (χ4v) is 5.14. The highest BCUT2D eigenvalue weighted by atomic mass is 32.2. The summed E-state index contributed by atoms with van der Waals surface area (Å²) in [7, 11) is -4.05. The molecule has 11 nitrogen and oxygen atoms in total. The minimum atomic E-state index is -4.05. The largest absolute Gasteiger partial charge is 0.481 e. The molecule has 12 heteroatoms. The summed E-state index contributed by atoms with van der Waals surface area (Å²) in [5.74, 6) is -4.08. The van der Waals surface area contributed by atoms with Crippen LogP contribution >= 0.6 is 0 Å². The van der Waals surface area contributed by atoms with Crippen LogP contribution in [-0.4, -0.2) is 70.5 Å². The number of amides is 1. The molecule has 0 spiro atoms. The molecule has 1 saturated heterocycles. The van der Waals surface area contributed by atoms with Gasteiger partial charge in [-0.1, -0.05) is 12.8 Å². The van der Waals surface area contributed by atoms with Gasteiger partial charge in [-0.25, -0.2) is 13.2 Å². The number of rotatable bonds is 12. The van der Waals surface area contributed by atoms with Gasteiger partial charge in [0.25, 0.3) is 5.91 Å². The van der Waals surface area contributed by atoms with E-state index in [-0.39, 0.29) is 36.3 Å². The summed E-state index contributed by atoms with van der Waals surface area (Å²) >= 11 is 0. The van der Waals surface area contributed by atoms with Crippen LogP contribution in [0.1, 0.15) is 55.3 Å². The minimum Gasteiger partial charge on any atom is -0.481 e. The zero-order chi connectivity index (χ0) is 23.9. The van der Waals surface area contributed by atoms with Crippen molar-refractivity contribution in [3.8, 4) is 0 Å². The van der Waals surface area contributed by atoms with E-state index in [0.29, 0.717) is 25.7 Å². The molecule has 1 amide bonds. The van der Waals surface area contributed by atoms with Crippen LogP contribution in [0.2, 0.25) is 0 Å². The number of unbranched alkanes of at least 4 members (excludes halogenated alkanes) is 2. The number of aliphatic carboxylic acids is 3. The number of hydrogen-bond acceptors (Lipinski definition) is 6. The molecule has 176 valence electrons. The lowest BCUT2D eigenvalue weighted by Gasteiger charge is -2.21. The van der Waals surface area contributed by atoms with Crippen molar-refractivity contribution in [3.63, 3.8) is 0 Å². The Bertz CT molecular complexity index is 960. The third kappa shape index (κ3) is 6.50. The summed E-state index contributed by atoms with van der Waals surface area (Å²) < 4.78 is 26.4. The van der Waals surface area contributed by atoms with Gasteiger partial charge in [-0.3, -0.25) is 14.4 Å². The summed E-state index contributed by atoms with van der Waals surface area (Å²) in [6, 6.07) is 2.54. The number of carboxylic acids is 3. The van der Waals surface area contributed by atoms with Crippen molar-refractivity contribution < 1.29 is 42.9 Å². The maximum absolute atomic E-state index is 12.8. The van der Waals surface area contributed by atoms with E-state index in [4.69, 9.17) is 5.11 Å². The second-order valence-corrected chi connectivity index (χ2v) is 9.38. The molecule has 2 rings (SSSR count). The highest BCUT2D eigenvalue weighted by molar-refractivity contribution is 7.89. The molecule has 4 N–H and O–H groups in total. The van der Waals surface area contributed by atoms with E-state index in [9.17, 15) is 37.8 Å². The lowest BCUT2D eigenvalue weighted by atomic mass is 10.1. The van der Waals surface area contributed by atoms with Gasteiger partial charge in [0.1, 0.15) is 12.1 Å². The molecular formula is C20H26N2O9S. The number of carbonyl (C=O) groups is 4. The molecule has 0 saturated carbocycles. The Morgan fingerprint density at radius 3 is 2.25 bits per heavy atom. The van der Waals surface area contributed by atoms with E-state index >= 15 is 0 Å². The zero-order valence-corrected chi connectivity index (χ0v) is 18.1. The van der Waals surface area contributed by atoms with Crippen molar-refractivity contribution in [1.29, 1.82) is 0 Å². The predicted octanol–water partition coefficient (Wildman–Crippen LogP) is 1.14. The summed E-state index contributed by atoms with van der Waals surface area (Å²) in [5, 5.41) is 29.5. The SMILES string of the molecule is O=C(O)CCCCCC(NC(=O)c1ccc(S(=O)(=O)N2CCCC2C(=O)O)cc1)C(=O)O. The number of benzene rings is 1. The predicted molar refractivity (Wildman–Crippen MR) is 111 cm³/mol. The van der Waals surface area contributed by atoms with Crippen molar-refractivity contribution in [2.24, 2.45) is 0 Å². The van der Waals surface area contributed by atoms with Crippen molar-refractivity contribution in [2.75, 3.05) is 6.54 Å². The standard InChI is InChI=1S/C20H26N2O9S/c23-17(24)7-3-1-2-5-15(19(26)27)21-18(25)13-8-10-14(11-9-13)32(30,31)22-12-4-6-16(22)20(28)29/h8-11,15-16H,1-7,12H2,(H,21,25)(H,23,24)(H,26,27)(H,28,29). The Morgan fingerprint density at radius 2 is 1.69 bits per heavy atom. The van der Waals surface area contributed by atoms with Crippen molar-refractivity contribution in [1.82, 2.24) is 9.62 Å². The van der Waals surface area contributed by atoms with Crippen molar-refractivity contribution in [3.05, 3.63) is 29.8 Å². The molecule has 0 aromatic heterocycles. The second-order valence-electron chi connectivity index (χ2n) is 7.49. The third-order valence-corrected chi connectivity index (χ3v) is 7.12. The number of sulfonamides is 1. The normalized spacial score (nSPS) is 17.6. The topological polar surface area (TPSA) is 178 Å². The highest BCUT2D eigenvalue weighted by Gasteiger charge is 2.39. The van der Waals surface area contributed by atoms with Gasteiger partial charge in [0.15, 0.2) is 0 Å². The fourth-order valence-electron chi connectivity index (χ4n) is 3.49. The van der Waals surface area contributed by atoms with Crippen LogP contribution in [0.3, 0.4) is 0 Å². The molecule has 1 aliphatic rings. The van der Waals surface area contributed by atoms with Gasteiger partial charge in [-0.05, 0) is 49.9 Å². The molecule has 1 fully saturated rings. The summed E-state index contributed by atoms with van der Waals surface area (Å²) in [5.41, 5.74) is 0.0530. The zero-order valence-electron chi connectivity index (χ0n) is 17.3.